The van der Waals surface area contributed by atoms with Crippen molar-refractivity contribution in [1.82, 2.24) is 14.5 Å². The topological polar surface area (TPSA) is 103 Å². The average molecular weight is 371 g/mol. The molecule has 0 bridgehead atoms. The number of aryl methyl sites for hydroxylation is 1. The van der Waals surface area contributed by atoms with Crippen LogP contribution in [0.15, 0.2) is 23.0 Å². The first-order valence-electron chi connectivity index (χ1n) is 8.75. The lowest BCUT2D eigenvalue weighted by molar-refractivity contribution is -0.135. The number of amides is 2. The number of rotatable bonds is 5. The number of imide groups is 1. The van der Waals surface area contributed by atoms with Crippen LogP contribution in [-0.2, 0) is 21.4 Å². The van der Waals surface area contributed by atoms with Gasteiger partial charge in [-0.1, -0.05) is 17.9 Å². The van der Waals surface area contributed by atoms with E-state index in [9.17, 15) is 14.4 Å². The van der Waals surface area contributed by atoms with Crippen molar-refractivity contribution in [2.24, 2.45) is 7.05 Å². The molecule has 1 aliphatic heterocycles. The van der Waals surface area contributed by atoms with Crippen LogP contribution < -0.4 is 11.0 Å². The molecule has 1 aromatic carbocycles. The van der Waals surface area contributed by atoms with Crippen LogP contribution in [0.3, 0.4) is 0 Å². The Bertz CT molecular complexity index is 992. The molecule has 0 aliphatic carbocycles. The second kappa shape index (κ2) is 8.20. The van der Waals surface area contributed by atoms with Crippen molar-refractivity contribution in [2.45, 2.75) is 25.3 Å². The molecule has 8 heteroatoms. The maximum atomic E-state index is 12.8. The molecule has 3 rings (SSSR count). The number of benzene rings is 1. The fourth-order valence-electron chi connectivity index (χ4n) is 3.19. The van der Waals surface area contributed by atoms with Gasteiger partial charge in [-0.05, 0) is 25.0 Å². The zero-order valence-electron chi connectivity index (χ0n) is 15.0. The van der Waals surface area contributed by atoms with Crippen LogP contribution in [0.25, 0.3) is 11.0 Å². The van der Waals surface area contributed by atoms with Crippen molar-refractivity contribution >= 4 is 22.8 Å². The Kier molecular flexibility index (Phi) is 5.74. The summed E-state index contributed by atoms with van der Waals surface area (Å²) in [5.41, 5.74) is 1.57. The summed E-state index contributed by atoms with van der Waals surface area (Å²) in [7, 11) is 1.63. The number of para-hydroxylation sites is 1. The number of ether oxygens (including phenoxy) is 1. The van der Waals surface area contributed by atoms with Crippen LogP contribution in [0.2, 0.25) is 0 Å². The number of carbonyl (C=O) groups excluding carboxylic acids is 2. The van der Waals surface area contributed by atoms with Crippen LogP contribution in [-0.4, -0.2) is 45.9 Å². The Morgan fingerprint density at radius 3 is 2.89 bits per heavy atom. The zero-order valence-corrected chi connectivity index (χ0v) is 15.0. The number of aliphatic hydroxyl groups is 1. The molecule has 27 heavy (non-hydrogen) atoms. The maximum absolute atomic E-state index is 12.8. The van der Waals surface area contributed by atoms with E-state index in [-0.39, 0.29) is 37.7 Å². The molecule has 1 unspecified atom stereocenters. The number of aliphatic hydroxyl groups excluding tert-OH is 1. The molecule has 2 N–H and O–H groups in total. The van der Waals surface area contributed by atoms with Gasteiger partial charge in [0, 0.05) is 20.1 Å². The van der Waals surface area contributed by atoms with Crippen LogP contribution >= 0.6 is 0 Å². The first-order chi connectivity index (χ1) is 13.0. The summed E-state index contributed by atoms with van der Waals surface area (Å²) < 4.78 is 8.19. The van der Waals surface area contributed by atoms with E-state index in [1.54, 1.807) is 25.2 Å². The fraction of sp³-hybridized carbons (Fsp3) is 0.421. The summed E-state index contributed by atoms with van der Waals surface area (Å²) in [5.74, 6) is 5.12. The van der Waals surface area contributed by atoms with Gasteiger partial charge < -0.3 is 9.84 Å². The molecule has 0 saturated carbocycles. The Labute approximate surface area is 155 Å². The van der Waals surface area contributed by atoms with E-state index in [1.165, 1.54) is 9.13 Å². The van der Waals surface area contributed by atoms with Gasteiger partial charge in [0.25, 0.3) is 0 Å². The molecular weight excluding hydrogens is 350 g/mol. The Morgan fingerprint density at radius 2 is 2.15 bits per heavy atom. The van der Waals surface area contributed by atoms with Crippen LogP contribution in [0.1, 0.15) is 30.9 Å². The third-order valence-electron chi connectivity index (χ3n) is 4.47. The van der Waals surface area contributed by atoms with Crippen molar-refractivity contribution in [1.29, 1.82) is 0 Å². The number of hydrogen-bond donors (Lipinski definition) is 2. The third-order valence-corrected chi connectivity index (χ3v) is 4.47. The summed E-state index contributed by atoms with van der Waals surface area (Å²) >= 11 is 0. The highest BCUT2D eigenvalue weighted by Crippen LogP contribution is 2.24. The van der Waals surface area contributed by atoms with Crippen LogP contribution in [0, 0.1) is 11.8 Å². The van der Waals surface area contributed by atoms with Crippen molar-refractivity contribution in [3.63, 3.8) is 0 Å². The number of fused-ring (bicyclic) bond motifs is 1. The van der Waals surface area contributed by atoms with E-state index in [0.29, 0.717) is 29.6 Å². The number of aromatic nitrogens is 2. The second-order valence-corrected chi connectivity index (χ2v) is 6.28. The van der Waals surface area contributed by atoms with Gasteiger partial charge >= 0.3 is 5.69 Å². The van der Waals surface area contributed by atoms with Gasteiger partial charge in [-0.3, -0.25) is 24.0 Å². The molecule has 142 valence electrons. The van der Waals surface area contributed by atoms with Crippen LogP contribution in [0.4, 0.5) is 0 Å². The SMILES string of the molecule is Cn1c(=O)n(C2CCC(=O)NC2=O)c2cccc(C#CCOCCCO)c21. The van der Waals surface area contributed by atoms with Gasteiger partial charge in [0.15, 0.2) is 0 Å². The molecule has 8 nitrogen and oxygen atoms in total. The second-order valence-electron chi connectivity index (χ2n) is 6.28. The number of piperidine rings is 1. The van der Waals surface area contributed by atoms with E-state index in [1.807, 2.05) is 0 Å². The van der Waals surface area contributed by atoms with Gasteiger partial charge in [0.2, 0.25) is 11.8 Å². The lowest BCUT2D eigenvalue weighted by atomic mass is 10.1. The van der Waals surface area contributed by atoms with E-state index < -0.39 is 11.9 Å². The molecule has 0 radical (unpaired) electrons. The molecule has 2 aromatic rings. The van der Waals surface area contributed by atoms with Gasteiger partial charge in [-0.2, -0.15) is 0 Å². The highest BCUT2D eigenvalue weighted by Gasteiger charge is 2.31. The van der Waals surface area contributed by atoms with Crippen molar-refractivity contribution in [2.75, 3.05) is 19.8 Å². The highest BCUT2D eigenvalue weighted by molar-refractivity contribution is 6.00. The molecule has 1 aromatic heterocycles. The number of nitrogens with zero attached hydrogens (tertiary/aromatic N) is 2. The largest absolute Gasteiger partial charge is 0.396 e. The fourth-order valence-corrected chi connectivity index (χ4v) is 3.19. The maximum Gasteiger partial charge on any atom is 0.329 e. The lowest BCUT2D eigenvalue weighted by Crippen LogP contribution is -2.44. The first kappa shape index (κ1) is 18.9. The summed E-state index contributed by atoms with van der Waals surface area (Å²) in [4.78, 5) is 36.4. The number of hydrogen-bond acceptors (Lipinski definition) is 5. The highest BCUT2D eigenvalue weighted by atomic mass is 16.5. The van der Waals surface area contributed by atoms with E-state index in [0.717, 1.165) is 0 Å². The molecule has 1 fully saturated rings. The van der Waals surface area contributed by atoms with E-state index in [2.05, 4.69) is 17.2 Å². The minimum Gasteiger partial charge on any atom is -0.396 e. The first-order valence-corrected chi connectivity index (χ1v) is 8.75. The molecule has 2 amide bonds. The number of nitrogens with one attached hydrogen (secondary N) is 1. The molecular formula is C19H21N3O5. The Morgan fingerprint density at radius 1 is 1.33 bits per heavy atom. The predicted octanol–water partition coefficient (Wildman–Crippen LogP) is 0.0682. The summed E-state index contributed by atoms with van der Waals surface area (Å²) in [6.07, 6.45) is 1.04. The van der Waals surface area contributed by atoms with Gasteiger partial charge in [0.05, 0.1) is 23.2 Å². The lowest BCUT2D eigenvalue weighted by Gasteiger charge is -2.21. The number of carbonyl (C=O) groups is 2. The Balaban J connectivity index is 1.96. The summed E-state index contributed by atoms with van der Waals surface area (Å²) in [6, 6.07) is 4.63. The van der Waals surface area contributed by atoms with Gasteiger partial charge in [0.1, 0.15) is 12.6 Å². The van der Waals surface area contributed by atoms with E-state index >= 15 is 0 Å². The molecule has 1 atom stereocenters. The van der Waals surface area contributed by atoms with Crippen molar-refractivity contribution < 1.29 is 19.4 Å². The minimum atomic E-state index is -0.719. The van der Waals surface area contributed by atoms with Crippen LogP contribution in [0.5, 0.6) is 0 Å². The monoisotopic (exact) mass is 371 g/mol. The molecule has 2 heterocycles. The summed E-state index contributed by atoms with van der Waals surface area (Å²) in [6.45, 7) is 0.723. The standard InChI is InChI=1S/C19H21N3O5/c1-21-17-13(6-3-11-27-12-4-10-23)5-2-7-14(17)22(19(21)26)15-8-9-16(24)20-18(15)25/h2,5,7,15,23H,4,8-12H2,1H3,(H,20,24,25). The minimum absolute atomic E-state index is 0.0721. The smallest absolute Gasteiger partial charge is 0.329 e. The van der Waals surface area contributed by atoms with Gasteiger partial charge in [-0.25, -0.2) is 4.79 Å². The van der Waals surface area contributed by atoms with E-state index in [4.69, 9.17) is 9.84 Å². The van der Waals surface area contributed by atoms with Gasteiger partial charge in [-0.15, -0.1) is 0 Å². The quantitative estimate of drug-likeness (QED) is 0.440. The number of imidazole rings is 1. The normalized spacial score (nSPS) is 16.9. The van der Waals surface area contributed by atoms with Crippen molar-refractivity contribution in [3.05, 3.63) is 34.2 Å². The molecule has 1 saturated heterocycles. The van der Waals surface area contributed by atoms with Crippen molar-refractivity contribution in [3.8, 4) is 11.8 Å². The third kappa shape index (κ3) is 3.79. The molecule has 1 aliphatic rings. The zero-order chi connectivity index (χ0) is 19.4. The molecule has 0 spiro atoms. The average Bonchev–Trinajstić information content (AvgIpc) is 2.90. The Hall–Kier alpha value is -2.89. The summed E-state index contributed by atoms with van der Waals surface area (Å²) in [5, 5.41) is 11.0. The predicted molar refractivity (Wildman–Crippen MR) is 98.0 cm³/mol.